The number of ether oxygens (including phenoxy) is 2. The highest BCUT2D eigenvalue weighted by molar-refractivity contribution is 6.74. The number of aliphatic hydroxyl groups excluding tert-OH is 1. The van der Waals surface area contributed by atoms with Crippen LogP contribution in [0.4, 0.5) is 0 Å². The number of hydrogen-bond acceptors (Lipinski definition) is 5. The Morgan fingerprint density at radius 2 is 1.96 bits per heavy atom. The maximum atomic E-state index is 10.9. The minimum absolute atomic E-state index is 0.0795. The Hall–Kier alpha value is -1.34. The van der Waals surface area contributed by atoms with Crippen LogP contribution < -0.4 is 14.8 Å². The fourth-order valence-electron chi connectivity index (χ4n) is 4.21. The molecule has 0 unspecified atom stereocenters. The molecule has 2 heterocycles. The predicted octanol–water partition coefficient (Wildman–Crippen LogP) is 3.34. The highest BCUT2D eigenvalue weighted by atomic mass is 28.4. The molecule has 2 N–H and O–H groups in total. The average Bonchev–Trinajstić information content (AvgIpc) is 3.18. The normalized spacial score (nSPS) is 32.6. The summed E-state index contributed by atoms with van der Waals surface area (Å²) >= 11 is 0. The summed E-state index contributed by atoms with van der Waals surface area (Å²) < 4.78 is 17.6. The third-order valence-corrected chi connectivity index (χ3v) is 11.4. The molecule has 4 rings (SSSR count). The van der Waals surface area contributed by atoms with Gasteiger partial charge in [0.1, 0.15) is 0 Å². The van der Waals surface area contributed by atoms with Crippen LogP contribution in [0, 0.1) is 0 Å². The summed E-state index contributed by atoms with van der Waals surface area (Å²) in [5.74, 6) is 1.53. The van der Waals surface area contributed by atoms with Crippen LogP contribution in [0.25, 0.3) is 0 Å². The van der Waals surface area contributed by atoms with Crippen LogP contribution in [0.3, 0.4) is 0 Å². The molecule has 2 aliphatic heterocycles. The van der Waals surface area contributed by atoms with Gasteiger partial charge in [-0.25, -0.2) is 0 Å². The second kappa shape index (κ2) is 6.34. The summed E-state index contributed by atoms with van der Waals surface area (Å²) in [5.41, 5.74) is 0.616. The molecule has 3 aliphatic rings. The predicted molar refractivity (Wildman–Crippen MR) is 108 cm³/mol. The summed E-state index contributed by atoms with van der Waals surface area (Å²) in [6.45, 7) is 12.2. The molecule has 1 aromatic rings. The van der Waals surface area contributed by atoms with Crippen molar-refractivity contribution in [1.82, 2.24) is 5.32 Å². The van der Waals surface area contributed by atoms with E-state index in [1.165, 1.54) is 0 Å². The molecule has 1 fully saturated rings. The maximum Gasteiger partial charge on any atom is 0.231 e. The fraction of sp³-hybridized carbons (Fsp3) is 0.619. The molecule has 0 radical (unpaired) electrons. The van der Waals surface area contributed by atoms with Crippen molar-refractivity contribution < 1.29 is 19.0 Å². The van der Waals surface area contributed by atoms with Crippen molar-refractivity contribution in [3.8, 4) is 11.5 Å². The van der Waals surface area contributed by atoms with Gasteiger partial charge >= 0.3 is 0 Å². The van der Waals surface area contributed by atoms with Crippen LogP contribution in [0.1, 0.15) is 32.8 Å². The van der Waals surface area contributed by atoms with E-state index in [-0.39, 0.29) is 24.0 Å². The topological polar surface area (TPSA) is 60.0 Å². The molecule has 1 aliphatic carbocycles. The van der Waals surface area contributed by atoms with Crippen molar-refractivity contribution in [3.05, 3.63) is 35.9 Å². The summed E-state index contributed by atoms with van der Waals surface area (Å²) in [4.78, 5) is 0. The summed E-state index contributed by atoms with van der Waals surface area (Å²) in [6, 6.07) is 6.15. The number of rotatable bonds is 3. The Balaban J connectivity index is 1.65. The largest absolute Gasteiger partial charge is 0.454 e. The Bertz CT molecular complexity index is 757. The molecule has 0 saturated carbocycles. The molecule has 0 amide bonds. The van der Waals surface area contributed by atoms with E-state index in [1.54, 1.807) is 0 Å². The fourth-order valence-corrected chi connectivity index (χ4v) is 5.49. The van der Waals surface area contributed by atoms with Gasteiger partial charge in [-0.15, -0.1) is 0 Å². The third-order valence-electron chi connectivity index (χ3n) is 6.87. The molecular formula is C21H31NO4Si. The van der Waals surface area contributed by atoms with Crippen molar-refractivity contribution in [2.24, 2.45) is 0 Å². The van der Waals surface area contributed by atoms with Crippen molar-refractivity contribution in [2.45, 2.75) is 69.0 Å². The first-order valence-corrected chi connectivity index (χ1v) is 12.7. The minimum atomic E-state index is -1.85. The molecule has 0 spiro atoms. The number of β-amino-alcohol motifs (C(OH)–C–C–N with tert-alkyl or cyclic N) is 1. The zero-order valence-corrected chi connectivity index (χ0v) is 17.9. The lowest BCUT2D eigenvalue weighted by Gasteiger charge is -2.44. The van der Waals surface area contributed by atoms with E-state index < -0.39 is 19.8 Å². The number of aliphatic hydroxyl groups is 1. The molecule has 0 aromatic heterocycles. The summed E-state index contributed by atoms with van der Waals surface area (Å²) in [5, 5.41) is 14.6. The van der Waals surface area contributed by atoms with Gasteiger partial charge in [-0.3, -0.25) is 0 Å². The standard InChI is InChI=1S/C21H31NO4Si/c1-20(2,3)27(4,5)26-15-8-9-21(18(11-15)22-12-19(21)23)14-6-7-16-17(10-14)25-13-24-16/h6-10,15,18-19,22-23H,11-13H2,1-5H3/t15-,18-,19-,21-/m1/s1. The Morgan fingerprint density at radius 1 is 1.22 bits per heavy atom. The number of hydrogen-bond donors (Lipinski definition) is 2. The van der Waals surface area contributed by atoms with Crippen LogP contribution in [0.15, 0.2) is 30.4 Å². The number of fused-ring (bicyclic) bond motifs is 2. The first kappa shape index (κ1) is 19.0. The first-order valence-electron chi connectivity index (χ1n) is 9.82. The lowest BCUT2D eigenvalue weighted by atomic mass is 9.68. The van der Waals surface area contributed by atoms with E-state index in [9.17, 15) is 5.11 Å². The SMILES string of the molecule is CC(C)(C)[Si](C)(C)O[C@@H]1C=C[C@]2(c3ccc4c(c3)OCO4)[C@H](O)CN[C@@H]2C1. The van der Waals surface area contributed by atoms with Crippen LogP contribution in [-0.4, -0.2) is 45.0 Å². The van der Waals surface area contributed by atoms with E-state index >= 15 is 0 Å². The number of nitrogens with one attached hydrogen (secondary N) is 1. The van der Waals surface area contributed by atoms with E-state index in [0.717, 1.165) is 23.5 Å². The maximum absolute atomic E-state index is 10.9. The molecule has 1 aromatic carbocycles. The third kappa shape index (κ3) is 3.03. The van der Waals surface area contributed by atoms with Gasteiger partial charge in [-0.2, -0.15) is 0 Å². The highest BCUT2D eigenvalue weighted by Crippen LogP contribution is 2.46. The van der Waals surface area contributed by atoms with Crippen molar-refractivity contribution in [2.75, 3.05) is 13.3 Å². The van der Waals surface area contributed by atoms with Crippen LogP contribution in [0.2, 0.25) is 18.1 Å². The van der Waals surface area contributed by atoms with Crippen LogP contribution in [0.5, 0.6) is 11.5 Å². The Morgan fingerprint density at radius 3 is 2.70 bits per heavy atom. The first-order chi connectivity index (χ1) is 12.6. The van der Waals surface area contributed by atoms with Gasteiger partial charge in [-0.1, -0.05) is 39.0 Å². The van der Waals surface area contributed by atoms with Crippen molar-refractivity contribution in [1.29, 1.82) is 0 Å². The second-order valence-corrected chi connectivity index (χ2v) is 14.2. The lowest BCUT2D eigenvalue weighted by Crippen LogP contribution is -2.51. The smallest absolute Gasteiger partial charge is 0.231 e. The van der Waals surface area contributed by atoms with Crippen molar-refractivity contribution >= 4 is 8.32 Å². The molecular weight excluding hydrogens is 358 g/mol. The van der Waals surface area contributed by atoms with Crippen LogP contribution >= 0.6 is 0 Å². The number of benzene rings is 1. The minimum Gasteiger partial charge on any atom is -0.454 e. The molecule has 4 atom stereocenters. The van der Waals surface area contributed by atoms with Gasteiger partial charge in [0, 0.05) is 12.6 Å². The van der Waals surface area contributed by atoms with E-state index in [2.05, 4.69) is 57.4 Å². The summed E-state index contributed by atoms with van der Waals surface area (Å²) in [6.07, 6.45) is 4.79. The van der Waals surface area contributed by atoms with Gasteiger partial charge in [-0.05, 0) is 42.2 Å². The van der Waals surface area contributed by atoms with E-state index in [4.69, 9.17) is 13.9 Å². The Kier molecular flexibility index (Phi) is 4.46. The van der Waals surface area contributed by atoms with Crippen LogP contribution in [-0.2, 0) is 9.84 Å². The van der Waals surface area contributed by atoms with E-state index in [1.807, 2.05) is 12.1 Å². The van der Waals surface area contributed by atoms with Gasteiger partial charge in [0.05, 0.1) is 17.6 Å². The lowest BCUT2D eigenvalue weighted by molar-refractivity contribution is 0.114. The van der Waals surface area contributed by atoms with E-state index in [0.29, 0.717) is 6.54 Å². The zero-order valence-electron chi connectivity index (χ0n) is 16.9. The monoisotopic (exact) mass is 389 g/mol. The molecule has 1 saturated heterocycles. The summed E-state index contributed by atoms with van der Waals surface area (Å²) in [7, 11) is -1.85. The molecule has 5 nitrogen and oxygen atoms in total. The average molecular weight is 390 g/mol. The molecule has 27 heavy (non-hydrogen) atoms. The zero-order chi connectivity index (χ0) is 19.4. The molecule has 6 heteroatoms. The highest BCUT2D eigenvalue weighted by Gasteiger charge is 2.52. The van der Waals surface area contributed by atoms with Crippen molar-refractivity contribution in [3.63, 3.8) is 0 Å². The molecule has 148 valence electrons. The van der Waals surface area contributed by atoms with Gasteiger partial charge in [0.15, 0.2) is 19.8 Å². The second-order valence-electron chi connectivity index (χ2n) is 9.49. The van der Waals surface area contributed by atoms with Gasteiger partial charge in [0.25, 0.3) is 0 Å². The van der Waals surface area contributed by atoms with Gasteiger partial charge in [0.2, 0.25) is 6.79 Å². The molecule has 0 bridgehead atoms. The van der Waals surface area contributed by atoms with Gasteiger partial charge < -0.3 is 24.3 Å². The Labute approximate surface area is 162 Å². The quantitative estimate of drug-likeness (QED) is 0.613.